The Morgan fingerprint density at radius 3 is 2.52 bits per heavy atom. The molecule has 1 N–H and O–H groups in total. The third kappa shape index (κ3) is 5.21. The van der Waals surface area contributed by atoms with Gasteiger partial charge in [-0.25, -0.2) is 27.5 Å². The van der Waals surface area contributed by atoms with E-state index in [9.17, 15) is 12.8 Å². The molecule has 0 saturated carbocycles. The molecule has 146 valence electrons. The second-order valence-electron chi connectivity index (χ2n) is 6.54. The molecular formula is C18H24FN5O2S. The van der Waals surface area contributed by atoms with Crippen LogP contribution in [0.3, 0.4) is 0 Å². The van der Waals surface area contributed by atoms with Gasteiger partial charge < -0.3 is 4.90 Å². The van der Waals surface area contributed by atoms with E-state index in [0.29, 0.717) is 18.5 Å². The molecule has 0 aliphatic carbocycles. The van der Waals surface area contributed by atoms with Gasteiger partial charge in [0.2, 0.25) is 16.0 Å². The lowest BCUT2D eigenvalue weighted by atomic mass is 10.2. The summed E-state index contributed by atoms with van der Waals surface area (Å²) in [6, 6.07) is 5.49. The van der Waals surface area contributed by atoms with Crippen molar-refractivity contribution in [2.75, 3.05) is 44.2 Å². The molecule has 0 amide bonds. The van der Waals surface area contributed by atoms with Gasteiger partial charge in [-0.2, -0.15) is 0 Å². The van der Waals surface area contributed by atoms with Gasteiger partial charge in [0, 0.05) is 45.1 Å². The topological polar surface area (TPSA) is 78.4 Å². The minimum Gasteiger partial charge on any atom is -0.338 e. The predicted molar refractivity (Wildman–Crippen MR) is 102 cm³/mol. The maximum atomic E-state index is 13.2. The summed E-state index contributed by atoms with van der Waals surface area (Å²) in [7, 11) is -3.62. The van der Waals surface area contributed by atoms with Crippen molar-refractivity contribution < 1.29 is 12.8 Å². The summed E-state index contributed by atoms with van der Waals surface area (Å²) in [5, 5.41) is 0. The number of anilines is 1. The molecule has 2 aromatic rings. The Morgan fingerprint density at radius 1 is 1.15 bits per heavy atom. The highest BCUT2D eigenvalue weighted by Crippen LogP contribution is 2.16. The molecule has 27 heavy (non-hydrogen) atoms. The fourth-order valence-corrected chi connectivity index (χ4v) is 4.43. The number of rotatable bonds is 7. The summed E-state index contributed by atoms with van der Waals surface area (Å²) in [5.41, 5.74) is 0.404. The summed E-state index contributed by atoms with van der Waals surface area (Å²) in [6.07, 6.45) is 4.19. The summed E-state index contributed by atoms with van der Waals surface area (Å²) < 4.78 is 40.4. The summed E-state index contributed by atoms with van der Waals surface area (Å²) >= 11 is 0. The molecule has 7 nitrogen and oxygen atoms in total. The molecule has 0 atom stereocenters. The third-order valence-corrected chi connectivity index (χ3v) is 6.20. The van der Waals surface area contributed by atoms with Gasteiger partial charge in [-0.3, -0.25) is 4.90 Å². The fourth-order valence-electron chi connectivity index (χ4n) is 3.13. The number of sulfonamides is 1. The Labute approximate surface area is 159 Å². The molecule has 1 aliphatic rings. The van der Waals surface area contributed by atoms with Gasteiger partial charge in [0.1, 0.15) is 5.82 Å². The maximum Gasteiger partial charge on any atom is 0.240 e. The molecule has 0 radical (unpaired) electrons. The molecule has 1 aliphatic heterocycles. The highest BCUT2D eigenvalue weighted by atomic mass is 32.2. The van der Waals surface area contributed by atoms with Crippen molar-refractivity contribution >= 4 is 16.0 Å². The first-order valence-electron chi connectivity index (χ1n) is 8.96. The highest BCUT2D eigenvalue weighted by molar-refractivity contribution is 7.89. The molecule has 0 bridgehead atoms. The van der Waals surface area contributed by atoms with E-state index in [1.54, 1.807) is 25.4 Å². The predicted octanol–water partition coefficient (Wildman–Crippen LogP) is 1.41. The lowest BCUT2D eigenvalue weighted by molar-refractivity contribution is 0.254. The number of aryl methyl sites for hydroxylation is 1. The number of benzene rings is 1. The van der Waals surface area contributed by atoms with Crippen LogP contribution in [0.15, 0.2) is 41.6 Å². The average molecular weight is 393 g/mol. The van der Waals surface area contributed by atoms with Crippen LogP contribution in [0.4, 0.5) is 10.3 Å². The van der Waals surface area contributed by atoms with Gasteiger partial charge in [-0.15, -0.1) is 0 Å². The van der Waals surface area contributed by atoms with E-state index in [1.807, 2.05) is 0 Å². The number of halogens is 1. The van der Waals surface area contributed by atoms with Crippen LogP contribution in [-0.2, 0) is 10.0 Å². The van der Waals surface area contributed by atoms with Gasteiger partial charge in [0.25, 0.3) is 0 Å². The second-order valence-corrected chi connectivity index (χ2v) is 8.27. The van der Waals surface area contributed by atoms with Crippen molar-refractivity contribution in [3.8, 4) is 0 Å². The number of hydrogen-bond acceptors (Lipinski definition) is 6. The third-order valence-electron chi connectivity index (χ3n) is 4.58. The molecule has 1 fully saturated rings. The number of hydrogen-bond donors (Lipinski definition) is 1. The molecule has 1 aromatic carbocycles. The normalized spacial score (nSPS) is 15.9. The monoisotopic (exact) mass is 393 g/mol. The SMILES string of the molecule is Cc1cc(F)ccc1S(=O)(=O)NCCCN1CCN(c2ncccn2)CC1. The second kappa shape index (κ2) is 8.73. The lowest BCUT2D eigenvalue weighted by Crippen LogP contribution is -2.47. The minimum atomic E-state index is -3.62. The summed E-state index contributed by atoms with van der Waals surface area (Å²) in [5.74, 6) is 0.311. The lowest BCUT2D eigenvalue weighted by Gasteiger charge is -2.34. The van der Waals surface area contributed by atoms with E-state index in [1.165, 1.54) is 12.1 Å². The average Bonchev–Trinajstić information content (AvgIpc) is 2.66. The number of nitrogens with zero attached hydrogens (tertiary/aromatic N) is 4. The van der Waals surface area contributed by atoms with E-state index >= 15 is 0 Å². The van der Waals surface area contributed by atoms with Crippen molar-refractivity contribution in [2.45, 2.75) is 18.2 Å². The quantitative estimate of drug-likeness (QED) is 0.717. The first-order valence-corrected chi connectivity index (χ1v) is 10.4. The molecular weight excluding hydrogens is 369 g/mol. The van der Waals surface area contributed by atoms with Crippen molar-refractivity contribution in [3.05, 3.63) is 48.0 Å². The maximum absolute atomic E-state index is 13.2. The molecule has 2 heterocycles. The molecule has 0 unspecified atom stereocenters. The Kier molecular flexibility index (Phi) is 6.35. The molecule has 1 saturated heterocycles. The van der Waals surface area contributed by atoms with Crippen molar-refractivity contribution in [1.82, 2.24) is 19.6 Å². The van der Waals surface area contributed by atoms with Gasteiger partial charge in [0.05, 0.1) is 4.90 Å². The summed E-state index contributed by atoms with van der Waals surface area (Å²) in [4.78, 5) is 13.1. The van der Waals surface area contributed by atoms with Crippen LogP contribution in [0.1, 0.15) is 12.0 Å². The molecule has 3 rings (SSSR count). The Hall–Kier alpha value is -2.10. The van der Waals surface area contributed by atoms with E-state index < -0.39 is 15.8 Å². The van der Waals surface area contributed by atoms with Gasteiger partial charge in [-0.05, 0) is 49.7 Å². The van der Waals surface area contributed by atoms with Crippen LogP contribution < -0.4 is 9.62 Å². The minimum absolute atomic E-state index is 0.125. The van der Waals surface area contributed by atoms with Crippen LogP contribution in [0, 0.1) is 12.7 Å². The smallest absolute Gasteiger partial charge is 0.240 e. The van der Waals surface area contributed by atoms with E-state index in [2.05, 4.69) is 24.5 Å². The Bertz CT molecular complexity index is 855. The van der Waals surface area contributed by atoms with Crippen LogP contribution in [0.2, 0.25) is 0 Å². The number of aromatic nitrogens is 2. The van der Waals surface area contributed by atoms with Gasteiger partial charge in [-0.1, -0.05) is 0 Å². The van der Waals surface area contributed by atoms with E-state index in [4.69, 9.17) is 0 Å². The van der Waals surface area contributed by atoms with Crippen LogP contribution in [0.5, 0.6) is 0 Å². The van der Waals surface area contributed by atoms with Gasteiger partial charge >= 0.3 is 0 Å². The van der Waals surface area contributed by atoms with Crippen LogP contribution in [-0.4, -0.2) is 62.6 Å². The van der Waals surface area contributed by atoms with E-state index in [0.717, 1.165) is 44.7 Å². The zero-order chi connectivity index (χ0) is 19.3. The first-order chi connectivity index (χ1) is 13.0. The molecule has 1 aromatic heterocycles. The van der Waals surface area contributed by atoms with Crippen molar-refractivity contribution in [3.63, 3.8) is 0 Å². The zero-order valence-electron chi connectivity index (χ0n) is 15.3. The number of nitrogens with one attached hydrogen (secondary N) is 1. The van der Waals surface area contributed by atoms with Crippen molar-refractivity contribution in [1.29, 1.82) is 0 Å². The largest absolute Gasteiger partial charge is 0.338 e. The Balaban J connectivity index is 1.42. The Morgan fingerprint density at radius 2 is 1.85 bits per heavy atom. The standard InChI is InChI=1S/C18H24FN5O2S/c1-15-14-16(19)4-5-17(15)27(25,26)22-8-3-9-23-10-12-24(13-11-23)18-20-6-2-7-21-18/h2,4-7,14,22H,3,8-13H2,1H3. The van der Waals surface area contributed by atoms with E-state index in [-0.39, 0.29) is 4.90 Å². The highest BCUT2D eigenvalue weighted by Gasteiger charge is 2.19. The number of piperazine rings is 1. The van der Waals surface area contributed by atoms with Gasteiger partial charge in [0.15, 0.2) is 0 Å². The van der Waals surface area contributed by atoms with Crippen LogP contribution >= 0.6 is 0 Å². The van der Waals surface area contributed by atoms with Crippen molar-refractivity contribution in [2.24, 2.45) is 0 Å². The molecule has 9 heteroatoms. The zero-order valence-corrected chi connectivity index (χ0v) is 16.1. The first kappa shape index (κ1) is 19.7. The summed E-state index contributed by atoms with van der Waals surface area (Å²) in [6.45, 7) is 6.24. The fraction of sp³-hybridized carbons (Fsp3) is 0.444. The molecule has 0 spiro atoms. The van der Waals surface area contributed by atoms with Crippen LogP contribution in [0.25, 0.3) is 0 Å².